The van der Waals surface area contributed by atoms with Crippen LogP contribution in [0.5, 0.6) is 0 Å². The summed E-state index contributed by atoms with van der Waals surface area (Å²) in [5.74, 6) is 0.302. The molecule has 1 aromatic rings. The Bertz CT molecular complexity index is 437. The molecule has 0 spiro atoms. The maximum absolute atomic E-state index is 12.1. The predicted octanol–water partition coefficient (Wildman–Crippen LogP) is 3.40. The smallest absolute Gasteiger partial charge is 0.223 e. The number of aryl methyl sites for hydroxylation is 1. The van der Waals surface area contributed by atoms with Gasteiger partial charge in [-0.25, -0.2) is 0 Å². The topological polar surface area (TPSA) is 46.2 Å². The van der Waals surface area contributed by atoms with E-state index in [0.717, 1.165) is 24.8 Å². The summed E-state index contributed by atoms with van der Waals surface area (Å²) in [4.78, 5) is 23.0. The molecule has 1 atom stereocenters. The van der Waals surface area contributed by atoms with Crippen molar-refractivity contribution in [3.63, 3.8) is 0 Å². The maximum atomic E-state index is 12.1. The predicted molar refractivity (Wildman–Crippen MR) is 81.3 cm³/mol. The summed E-state index contributed by atoms with van der Waals surface area (Å²) in [6, 6.07) is 8.16. The molecule has 0 bridgehead atoms. The van der Waals surface area contributed by atoms with Gasteiger partial charge in [0.15, 0.2) is 0 Å². The molecule has 1 aromatic carbocycles. The van der Waals surface area contributed by atoms with Gasteiger partial charge in [0, 0.05) is 18.9 Å². The summed E-state index contributed by atoms with van der Waals surface area (Å²) in [5, 5.41) is 2.98. The van der Waals surface area contributed by atoms with Crippen molar-refractivity contribution in [2.24, 2.45) is 5.92 Å². The Labute approximate surface area is 121 Å². The fourth-order valence-corrected chi connectivity index (χ4v) is 2.16. The van der Waals surface area contributed by atoms with E-state index in [1.807, 2.05) is 38.1 Å². The zero-order chi connectivity index (χ0) is 15.0. The number of hydrogen-bond donors (Lipinski definition) is 1. The SMILES string of the molecule is CCC(CCCC(C)=O)C(=O)NCc1ccc(C)cc1. The van der Waals surface area contributed by atoms with E-state index >= 15 is 0 Å². The highest BCUT2D eigenvalue weighted by Crippen LogP contribution is 2.13. The molecule has 110 valence electrons. The van der Waals surface area contributed by atoms with Gasteiger partial charge in [-0.3, -0.25) is 4.79 Å². The van der Waals surface area contributed by atoms with Gasteiger partial charge in [0.1, 0.15) is 5.78 Å². The Morgan fingerprint density at radius 2 is 1.85 bits per heavy atom. The van der Waals surface area contributed by atoms with E-state index in [1.54, 1.807) is 6.92 Å². The number of amides is 1. The van der Waals surface area contributed by atoms with Gasteiger partial charge < -0.3 is 10.1 Å². The molecule has 0 aliphatic carbocycles. The van der Waals surface area contributed by atoms with Crippen molar-refractivity contribution in [1.82, 2.24) is 5.32 Å². The summed E-state index contributed by atoms with van der Waals surface area (Å²) in [6.45, 7) is 6.23. The average molecular weight is 275 g/mol. The van der Waals surface area contributed by atoms with Crippen LogP contribution in [0.25, 0.3) is 0 Å². The molecular formula is C17H25NO2. The third kappa shape index (κ3) is 6.00. The van der Waals surface area contributed by atoms with Crippen LogP contribution in [0.3, 0.4) is 0 Å². The third-order valence-corrected chi connectivity index (χ3v) is 3.53. The normalized spacial score (nSPS) is 11.9. The van der Waals surface area contributed by atoms with E-state index in [-0.39, 0.29) is 17.6 Å². The minimum Gasteiger partial charge on any atom is -0.352 e. The van der Waals surface area contributed by atoms with E-state index in [0.29, 0.717) is 13.0 Å². The van der Waals surface area contributed by atoms with Crippen molar-refractivity contribution in [3.05, 3.63) is 35.4 Å². The van der Waals surface area contributed by atoms with E-state index in [4.69, 9.17) is 0 Å². The monoisotopic (exact) mass is 275 g/mol. The summed E-state index contributed by atoms with van der Waals surface area (Å²) in [6.07, 6.45) is 2.97. The van der Waals surface area contributed by atoms with Gasteiger partial charge in [-0.2, -0.15) is 0 Å². The Balaban J connectivity index is 2.38. The molecule has 0 radical (unpaired) electrons. The van der Waals surface area contributed by atoms with Gasteiger partial charge in [-0.15, -0.1) is 0 Å². The van der Waals surface area contributed by atoms with Gasteiger partial charge >= 0.3 is 0 Å². The largest absolute Gasteiger partial charge is 0.352 e. The van der Waals surface area contributed by atoms with Crippen molar-refractivity contribution in [3.8, 4) is 0 Å². The van der Waals surface area contributed by atoms with Crippen molar-refractivity contribution in [2.45, 2.75) is 53.0 Å². The van der Waals surface area contributed by atoms with Gasteiger partial charge in [-0.1, -0.05) is 36.8 Å². The molecule has 0 aliphatic heterocycles. The van der Waals surface area contributed by atoms with Gasteiger partial charge in [0.05, 0.1) is 0 Å². The molecular weight excluding hydrogens is 250 g/mol. The van der Waals surface area contributed by atoms with Crippen LogP contribution in [-0.4, -0.2) is 11.7 Å². The number of carbonyl (C=O) groups is 2. The molecule has 1 unspecified atom stereocenters. The van der Waals surface area contributed by atoms with E-state index in [2.05, 4.69) is 5.32 Å². The highest BCUT2D eigenvalue weighted by atomic mass is 16.1. The quantitative estimate of drug-likeness (QED) is 0.790. The second-order valence-electron chi connectivity index (χ2n) is 5.40. The van der Waals surface area contributed by atoms with Crippen molar-refractivity contribution in [2.75, 3.05) is 0 Å². The first kappa shape index (κ1) is 16.4. The summed E-state index contributed by atoms with van der Waals surface area (Å²) < 4.78 is 0. The molecule has 3 heteroatoms. The second kappa shape index (κ2) is 8.51. The summed E-state index contributed by atoms with van der Waals surface area (Å²) in [5.41, 5.74) is 2.33. The van der Waals surface area contributed by atoms with Crippen LogP contribution < -0.4 is 5.32 Å². The maximum Gasteiger partial charge on any atom is 0.223 e. The zero-order valence-corrected chi connectivity index (χ0v) is 12.7. The first-order valence-electron chi connectivity index (χ1n) is 7.35. The number of ketones is 1. The lowest BCUT2D eigenvalue weighted by molar-refractivity contribution is -0.126. The van der Waals surface area contributed by atoms with Crippen LogP contribution in [-0.2, 0) is 16.1 Å². The average Bonchev–Trinajstić information content (AvgIpc) is 2.42. The number of benzene rings is 1. The number of rotatable bonds is 8. The molecule has 1 amide bonds. The summed E-state index contributed by atoms with van der Waals surface area (Å²) >= 11 is 0. The molecule has 0 aliphatic rings. The standard InChI is InChI=1S/C17H25NO2/c1-4-16(7-5-6-14(3)19)17(20)18-12-15-10-8-13(2)9-11-15/h8-11,16H,4-7,12H2,1-3H3,(H,18,20). The minimum atomic E-state index is 0.0137. The third-order valence-electron chi connectivity index (χ3n) is 3.53. The van der Waals surface area contributed by atoms with E-state index in [9.17, 15) is 9.59 Å². The number of carbonyl (C=O) groups excluding carboxylic acids is 2. The van der Waals surface area contributed by atoms with Crippen LogP contribution in [0.2, 0.25) is 0 Å². The van der Waals surface area contributed by atoms with E-state index < -0.39 is 0 Å². The Morgan fingerprint density at radius 1 is 1.20 bits per heavy atom. The molecule has 1 rings (SSSR count). The molecule has 20 heavy (non-hydrogen) atoms. The first-order chi connectivity index (χ1) is 9.52. The lowest BCUT2D eigenvalue weighted by atomic mass is 9.97. The van der Waals surface area contributed by atoms with Gasteiger partial charge in [0.25, 0.3) is 0 Å². The molecule has 0 saturated heterocycles. The van der Waals surface area contributed by atoms with Crippen LogP contribution in [0.4, 0.5) is 0 Å². The Hall–Kier alpha value is -1.64. The lowest BCUT2D eigenvalue weighted by Gasteiger charge is -2.14. The molecule has 1 N–H and O–H groups in total. The fourth-order valence-electron chi connectivity index (χ4n) is 2.16. The Morgan fingerprint density at radius 3 is 2.40 bits per heavy atom. The van der Waals surface area contributed by atoms with Gasteiger partial charge in [-0.05, 0) is 38.7 Å². The van der Waals surface area contributed by atoms with Gasteiger partial charge in [0.2, 0.25) is 5.91 Å². The van der Waals surface area contributed by atoms with Crippen molar-refractivity contribution < 1.29 is 9.59 Å². The van der Waals surface area contributed by atoms with Crippen LogP contribution in [0.15, 0.2) is 24.3 Å². The molecule has 3 nitrogen and oxygen atoms in total. The van der Waals surface area contributed by atoms with Crippen molar-refractivity contribution in [1.29, 1.82) is 0 Å². The molecule has 0 saturated carbocycles. The number of hydrogen-bond acceptors (Lipinski definition) is 2. The highest BCUT2D eigenvalue weighted by Gasteiger charge is 2.15. The summed E-state index contributed by atoms with van der Waals surface area (Å²) in [7, 11) is 0. The molecule has 0 heterocycles. The van der Waals surface area contributed by atoms with Crippen LogP contribution in [0, 0.1) is 12.8 Å². The number of Topliss-reactive ketones (excluding diaryl/α,β-unsaturated/α-hetero) is 1. The van der Waals surface area contributed by atoms with Crippen molar-refractivity contribution >= 4 is 11.7 Å². The van der Waals surface area contributed by atoms with E-state index in [1.165, 1.54) is 5.56 Å². The highest BCUT2D eigenvalue weighted by molar-refractivity contribution is 5.79. The number of nitrogens with one attached hydrogen (secondary N) is 1. The Kier molecular flexibility index (Phi) is 6.99. The first-order valence-corrected chi connectivity index (χ1v) is 7.35. The molecule has 0 aromatic heterocycles. The molecule has 0 fully saturated rings. The van der Waals surface area contributed by atoms with Crippen LogP contribution >= 0.6 is 0 Å². The minimum absolute atomic E-state index is 0.0137. The lowest BCUT2D eigenvalue weighted by Crippen LogP contribution is -2.30. The fraction of sp³-hybridized carbons (Fsp3) is 0.529. The van der Waals surface area contributed by atoms with Crippen LogP contribution in [0.1, 0.15) is 50.7 Å². The second-order valence-corrected chi connectivity index (χ2v) is 5.40. The zero-order valence-electron chi connectivity index (χ0n) is 12.7.